The van der Waals surface area contributed by atoms with E-state index in [-0.39, 0.29) is 6.09 Å². The van der Waals surface area contributed by atoms with Gasteiger partial charge in [-0.25, -0.2) is 4.79 Å². The van der Waals surface area contributed by atoms with Crippen LogP contribution in [0.15, 0.2) is 30.3 Å². The zero-order chi connectivity index (χ0) is 12.4. The number of carbonyl (C=O) groups excluding carboxylic acids is 1. The van der Waals surface area contributed by atoms with Gasteiger partial charge in [0, 0.05) is 6.04 Å². The van der Waals surface area contributed by atoms with Gasteiger partial charge in [-0.1, -0.05) is 43.2 Å². The van der Waals surface area contributed by atoms with Gasteiger partial charge in [0.1, 0.15) is 6.61 Å². The lowest BCUT2D eigenvalue weighted by atomic mass is 10.0. The second-order valence-electron chi connectivity index (χ2n) is 5.34. The number of hydrogen-bond donors (Lipinski definition) is 1. The molecule has 1 amide bonds. The number of alkyl carbamates (subject to hydrolysis) is 1. The predicted molar refractivity (Wildman–Crippen MR) is 69.0 cm³/mol. The van der Waals surface area contributed by atoms with Gasteiger partial charge in [-0.2, -0.15) is 0 Å². The number of nitrogens with one attached hydrogen (secondary N) is 1. The van der Waals surface area contributed by atoms with Crippen molar-refractivity contribution in [2.24, 2.45) is 11.8 Å². The minimum atomic E-state index is -0.266. The summed E-state index contributed by atoms with van der Waals surface area (Å²) in [5.41, 5.74) is 1.03. The molecule has 2 atom stereocenters. The molecule has 0 aliphatic heterocycles. The standard InChI is InChI=1S/C15H19NO2/c17-15(18-10-11-6-2-1-3-7-11)16-14-12-8-4-5-9-13(12)14/h1-3,6-7,12-14H,4-5,8-10H2,(H,16,17). The molecule has 2 saturated carbocycles. The Morgan fingerprint density at radius 1 is 1.17 bits per heavy atom. The molecule has 3 heteroatoms. The molecule has 0 radical (unpaired) electrons. The third-order valence-electron chi connectivity index (χ3n) is 4.15. The van der Waals surface area contributed by atoms with E-state index in [0.29, 0.717) is 12.6 Å². The van der Waals surface area contributed by atoms with Crippen molar-refractivity contribution in [2.45, 2.75) is 38.3 Å². The smallest absolute Gasteiger partial charge is 0.407 e. The highest BCUT2D eigenvalue weighted by molar-refractivity contribution is 5.68. The van der Waals surface area contributed by atoms with Crippen molar-refractivity contribution in [3.63, 3.8) is 0 Å². The van der Waals surface area contributed by atoms with Gasteiger partial charge in [0.05, 0.1) is 0 Å². The van der Waals surface area contributed by atoms with Crippen molar-refractivity contribution in [3.8, 4) is 0 Å². The highest BCUT2D eigenvalue weighted by Crippen LogP contribution is 2.49. The molecule has 0 aromatic heterocycles. The van der Waals surface area contributed by atoms with Gasteiger partial charge in [0.2, 0.25) is 0 Å². The maximum atomic E-state index is 11.7. The third kappa shape index (κ3) is 2.50. The van der Waals surface area contributed by atoms with E-state index in [1.54, 1.807) is 0 Å². The van der Waals surface area contributed by atoms with Crippen LogP contribution in [0.1, 0.15) is 31.2 Å². The molecular weight excluding hydrogens is 226 g/mol. The molecule has 0 heterocycles. The van der Waals surface area contributed by atoms with Crippen LogP contribution >= 0.6 is 0 Å². The lowest BCUT2D eigenvalue weighted by molar-refractivity contribution is 0.138. The molecule has 2 aliphatic rings. The summed E-state index contributed by atoms with van der Waals surface area (Å²) in [6.45, 7) is 0.356. The number of benzene rings is 1. The average molecular weight is 245 g/mol. The molecule has 2 unspecified atom stereocenters. The van der Waals surface area contributed by atoms with Gasteiger partial charge in [0.15, 0.2) is 0 Å². The highest BCUT2D eigenvalue weighted by Gasteiger charge is 2.51. The summed E-state index contributed by atoms with van der Waals surface area (Å²) in [6.07, 6.45) is 4.91. The fourth-order valence-corrected chi connectivity index (χ4v) is 3.11. The molecule has 1 aromatic carbocycles. The zero-order valence-electron chi connectivity index (χ0n) is 10.5. The van der Waals surface area contributed by atoms with Gasteiger partial charge >= 0.3 is 6.09 Å². The summed E-state index contributed by atoms with van der Waals surface area (Å²) >= 11 is 0. The lowest BCUT2D eigenvalue weighted by Gasteiger charge is -2.06. The normalized spacial score (nSPS) is 29.2. The Labute approximate surface area is 108 Å². The first-order valence-corrected chi connectivity index (χ1v) is 6.82. The SMILES string of the molecule is O=C(NC1C2CCCCC21)OCc1ccccc1. The lowest BCUT2D eigenvalue weighted by Crippen LogP contribution is -2.28. The van der Waals surface area contributed by atoms with Crippen LogP contribution in [0.5, 0.6) is 0 Å². The van der Waals surface area contributed by atoms with Gasteiger partial charge in [-0.3, -0.25) is 0 Å². The largest absolute Gasteiger partial charge is 0.445 e. The topological polar surface area (TPSA) is 38.3 Å². The molecule has 1 aromatic rings. The fourth-order valence-electron chi connectivity index (χ4n) is 3.11. The van der Waals surface area contributed by atoms with E-state index in [1.807, 2.05) is 30.3 Å². The molecule has 0 spiro atoms. The Kier molecular flexibility index (Phi) is 3.22. The predicted octanol–water partition coefficient (Wildman–Crippen LogP) is 3.10. The Morgan fingerprint density at radius 3 is 2.50 bits per heavy atom. The van der Waals surface area contributed by atoms with Crippen LogP contribution in [0.25, 0.3) is 0 Å². The van der Waals surface area contributed by atoms with Gasteiger partial charge < -0.3 is 10.1 Å². The van der Waals surface area contributed by atoms with Crippen molar-refractivity contribution in [2.75, 3.05) is 0 Å². The molecular formula is C15H19NO2. The summed E-state index contributed by atoms with van der Waals surface area (Å²) in [6, 6.07) is 10.2. The monoisotopic (exact) mass is 245 g/mol. The number of hydrogen-bond acceptors (Lipinski definition) is 2. The Bertz CT molecular complexity index is 406. The van der Waals surface area contributed by atoms with Gasteiger partial charge in [0.25, 0.3) is 0 Å². The van der Waals surface area contributed by atoms with E-state index in [0.717, 1.165) is 17.4 Å². The first-order valence-electron chi connectivity index (χ1n) is 6.82. The quantitative estimate of drug-likeness (QED) is 0.888. The van der Waals surface area contributed by atoms with Crippen LogP contribution in [-0.2, 0) is 11.3 Å². The second kappa shape index (κ2) is 5.01. The number of ether oxygens (including phenoxy) is 1. The van der Waals surface area contributed by atoms with Crippen molar-refractivity contribution in [1.82, 2.24) is 5.32 Å². The maximum Gasteiger partial charge on any atom is 0.407 e. The number of amides is 1. The van der Waals surface area contributed by atoms with Gasteiger partial charge in [-0.05, 0) is 30.2 Å². The Hall–Kier alpha value is -1.51. The Balaban J connectivity index is 1.43. The maximum absolute atomic E-state index is 11.7. The van der Waals surface area contributed by atoms with Crippen LogP contribution in [0.4, 0.5) is 4.79 Å². The molecule has 2 aliphatic carbocycles. The third-order valence-corrected chi connectivity index (χ3v) is 4.15. The molecule has 0 saturated heterocycles. The zero-order valence-corrected chi connectivity index (χ0v) is 10.5. The van der Waals surface area contributed by atoms with Crippen LogP contribution in [-0.4, -0.2) is 12.1 Å². The molecule has 3 nitrogen and oxygen atoms in total. The van der Waals surface area contributed by atoms with E-state index in [4.69, 9.17) is 4.74 Å². The van der Waals surface area contributed by atoms with Crippen molar-refractivity contribution in [1.29, 1.82) is 0 Å². The van der Waals surface area contributed by atoms with E-state index < -0.39 is 0 Å². The molecule has 1 N–H and O–H groups in total. The van der Waals surface area contributed by atoms with Crippen molar-refractivity contribution >= 4 is 6.09 Å². The van der Waals surface area contributed by atoms with E-state index >= 15 is 0 Å². The van der Waals surface area contributed by atoms with Crippen molar-refractivity contribution in [3.05, 3.63) is 35.9 Å². The van der Waals surface area contributed by atoms with E-state index in [2.05, 4.69) is 5.32 Å². The number of carbonyl (C=O) groups is 1. The number of fused-ring (bicyclic) bond motifs is 1. The summed E-state index contributed by atoms with van der Waals surface area (Å²) in [5.74, 6) is 1.45. The van der Waals surface area contributed by atoms with Gasteiger partial charge in [-0.15, -0.1) is 0 Å². The number of rotatable bonds is 3. The van der Waals surface area contributed by atoms with Crippen LogP contribution in [0.3, 0.4) is 0 Å². The molecule has 18 heavy (non-hydrogen) atoms. The van der Waals surface area contributed by atoms with Crippen LogP contribution < -0.4 is 5.32 Å². The Morgan fingerprint density at radius 2 is 1.83 bits per heavy atom. The fraction of sp³-hybridized carbons (Fsp3) is 0.533. The van der Waals surface area contributed by atoms with E-state index in [1.165, 1.54) is 25.7 Å². The minimum absolute atomic E-state index is 0.266. The second-order valence-corrected chi connectivity index (χ2v) is 5.34. The average Bonchev–Trinajstić information content (AvgIpc) is 3.11. The molecule has 2 fully saturated rings. The summed E-state index contributed by atoms with van der Waals surface area (Å²) in [7, 11) is 0. The first kappa shape index (κ1) is 11.6. The molecule has 3 rings (SSSR count). The highest BCUT2D eigenvalue weighted by atomic mass is 16.5. The minimum Gasteiger partial charge on any atom is -0.445 e. The first-order chi connectivity index (χ1) is 8.84. The summed E-state index contributed by atoms with van der Waals surface area (Å²) in [5, 5.41) is 3.00. The summed E-state index contributed by atoms with van der Waals surface area (Å²) in [4.78, 5) is 11.7. The van der Waals surface area contributed by atoms with Crippen LogP contribution in [0, 0.1) is 11.8 Å². The molecule has 96 valence electrons. The van der Waals surface area contributed by atoms with E-state index in [9.17, 15) is 4.79 Å². The molecule has 0 bridgehead atoms. The summed E-state index contributed by atoms with van der Waals surface area (Å²) < 4.78 is 5.23. The van der Waals surface area contributed by atoms with Crippen molar-refractivity contribution < 1.29 is 9.53 Å². The van der Waals surface area contributed by atoms with Crippen LogP contribution in [0.2, 0.25) is 0 Å².